The number of aromatic nitrogens is 1. The molecular formula is C78H51B2N5S2. The average molecular weight is 1140 g/mol. The van der Waals surface area contributed by atoms with E-state index in [1.807, 2.05) is 23.5 Å². The third-order valence-corrected chi connectivity index (χ3v) is 20.2. The maximum Gasteiger partial charge on any atom is 0.249 e. The van der Waals surface area contributed by atoms with Crippen LogP contribution in [0.3, 0.4) is 0 Å². The molecule has 5 nitrogen and oxygen atoms in total. The Morgan fingerprint density at radius 2 is 0.724 bits per heavy atom. The molecule has 0 unspecified atom stereocenters. The van der Waals surface area contributed by atoms with Gasteiger partial charge in [0.15, 0.2) is 0 Å². The van der Waals surface area contributed by atoms with Crippen molar-refractivity contribution in [3.05, 3.63) is 309 Å². The third kappa shape index (κ3) is 7.86. The van der Waals surface area contributed by atoms with E-state index < -0.39 is 0 Å². The van der Waals surface area contributed by atoms with Gasteiger partial charge in [0, 0.05) is 98.6 Å². The molecule has 0 radical (unpaired) electrons. The number of fused-ring (bicyclic) bond motifs is 11. The zero-order valence-electron chi connectivity index (χ0n) is 47.2. The zero-order valence-corrected chi connectivity index (χ0v) is 48.8. The summed E-state index contributed by atoms with van der Waals surface area (Å²) in [6, 6.07) is 115. The van der Waals surface area contributed by atoms with E-state index >= 15 is 0 Å². The minimum Gasteiger partial charge on any atom is -0.311 e. The molecule has 4 aliphatic rings. The van der Waals surface area contributed by atoms with Crippen molar-refractivity contribution in [3.63, 3.8) is 0 Å². The van der Waals surface area contributed by atoms with Gasteiger partial charge in [-0.2, -0.15) is 0 Å². The number of rotatable bonds is 9. The van der Waals surface area contributed by atoms with Crippen molar-refractivity contribution in [2.75, 3.05) is 19.6 Å². The summed E-state index contributed by atoms with van der Waals surface area (Å²) >= 11 is 3.82. The first-order valence-corrected chi connectivity index (χ1v) is 31.4. The van der Waals surface area contributed by atoms with Gasteiger partial charge < -0.3 is 24.2 Å². The van der Waals surface area contributed by atoms with Gasteiger partial charge in [0.1, 0.15) is 0 Å². The van der Waals surface area contributed by atoms with Gasteiger partial charge in [-0.1, -0.05) is 210 Å². The lowest BCUT2D eigenvalue weighted by Crippen LogP contribution is -2.64. The lowest BCUT2D eigenvalue weighted by atomic mass is 9.31. The van der Waals surface area contributed by atoms with Gasteiger partial charge in [-0.05, 0) is 155 Å². The molecule has 0 aliphatic carbocycles. The predicted molar refractivity (Wildman–Crippen MR) is 370 cm³/mol. The van der Waals surface area contributed by atoms with Crippen LogP contribution < -0.4 is 52.4 Å². The lowest BCUT2D eigenvalue weighted by Gasteiger charge is -2.44. The quantitative estimate of drug-likeness (QED) is 0.133. The van der Waals surface area contributed by atoms with Crippen molar-refractivity contribution in [1.29, 1.82) is 0 Å². The molecule has 0 bridgehead atoms. The second kappa shape index (κ2) is 20.2. The van der Waals surface area contributed by atoms with E-state index in [2.05, 4.69) is 334 Å². The highest BCUT2D eigenvalue weighted by atomic mass is 32.2. The van der Waals surface area contributed by atoms with E-state index in [-0.39, 0.29) is 13.4 Å². The summed E-state index contributed by atoms with van der Waals surface area (Å²) in [5, 5.41) is 2.42. The first kappa shape index (κ1) is 50.1. The maximum absolute atomic E-state index is 2.66. The van der Waals surface area contributed by atoms with Crippen LogP contribution in [-0.2, 0) is 0 Å². The number of anilines is 12. The summed E-state index contributed by atoms with van der Waals surface area (Å²) in [5.41, 5.74) is 25.0. The van der Waals surface area contributed by atoms with Crippen LogP contribution in [0.1, 0.15) is 0 Å². The fourth-order valence-electron chi connectivity index (χ4n) is 14.5. The molecule has 0 saturated heterocycles. The molecular weight excluding hydrogens is 1090 g/mol. The van der Waals surface area contributed by atoms with Gasteiger partial charge in [-0.15, -0.1) is 0 Å². The molecule has 87 heavy (non-hydrogen) atoms. The molecule has 0 atom stereocenters. The van der Waals surface area contributed by atoms with Crippen molar-refractivity contribution < 1.29 is 0 Å². The second-order valence-corrected chi connectivity index (χ2v) is 24.9. The van der Waals surface area contributed by atoms with Crippen LogP contribution in [-0.4, -0.2) is 18.0 Å². The lowest BCUT2D eigenvalue weighted by molar-refractivity contribution is 1.18. The van der Waals surface area contributed by atoms with Crippen molar-refractivity contribution in [2.24, 2.45) is 0 Å². The molecule has 0 amide bonds. The number of hydrogen-bond acceptors (Lipinski definition) is 6. The first-order chi connectivity index (χ1) is 43.2. The van der Waals surface area contributed by atoms with Gasteiger partial charge in [0.2, 0.25) is 13.4 Å². The Bertz CT molecular complexity index is 4950. The smallest absolute Gasteiger partial charge is 0.249 e. The minimum atomic E-state index is -0.0667. The Labute approximate surface area is 515 Å². The highest BCUT2D eigenvalue weighted by molar-refractivity contribution is 8.00. The van der Waals surface area contributed by atoms with Crippen molar-refractivity contribution in [2.45, 2.75) is 19.6 Å². The third-order valence-electron chi connectivity index (χ3n) is 18.0. The van der Waals surface area contributed by atoms with Crippen LogP contribution in [0.15, 0.2) is 329 Å². The molecule has 0 saturated carbocycles. The van der Waals surface area contributed by atoms with Gasteiger partial charge >= 0.3 is 0 Å². The van der Waals surface area contributed by atoms with Crippen LogP contribution in [0.5, 0.6) is 0 Å². The van der Waals surface area contributed by atoms with Gasteiger partial charge in [0.25, 0.3) is 0 Å². The summed E-state index contributed by atoms with van der Waals surface area (Å²) in [6.07, 6.45) is 0. The largest absolute Gasteiger partial charge is 0.311 e. The Morgan fingerprint density at radius 3 is 1.33 bits per heavy atom. The molecule has 9 heteroatoms. The summed E-state index contributed by atoms with van der Waals surface area (Å²) < 4.78 is 2.45. The summed E-state index contributed by atoms with van der Waals surface area (Å²) in [5.74, 6) is 0. The van der Waals surface area contributed by atoms with Crippen LogP contribution >= 0.6 is 23.5 Å². The van der Waals surface area contributed by atoms with E-state index in [4.69, 9.17) is 0 Å². The van der Waals surface area contributed by atoms with Gasteiger partial charge in [-0.3, -0.25) is 0 Å². The molecule has 4 aliphatic heterocycles. The molecule has 13 aromatic carbocycles. The Kier molecular flexibility index (Phi) is 11.6. The van der Waals surface area contributed by atoms with Crippen molar-refractivity contribution in [1.82, 2.24) is 4.57 Å². The summed E-state index contributed by atoms with van der Waals surface area (Å²) in [7, 11) is 0. The summed E-state index contributed by atoms with van der Waals surface area (Å²) in [6.45, 7) is -0.130. The molecule has 0 fully saturated rings. The van der Waals surface area contributed by atoms with Crippen LogP contribution in [0.4, 0.5) is 68.2 Å². The molecule has 18 rings (SSSR count). The zero-order chi connectivity index (χ0) is 57.1. The Morgan fingerprint density at radius 1 is 0.264 bits per heavy atom. The van der Waals surface area contributed by atoms with Crippen LogP contribution in [0.25, 0.3) is 27.5 Å². The van der Waals surface area contributed by atoms with E-state index in [1.54, 1.807) is 0 Å². The normalized spacial score (nSPS) is 13.1. The molecule has 0 N–H and O–H groups in total. The fourth-order valence-corrected chi connectivity index (χ4v) is 16.9. The van der Waals surface area contributed by atoms with Crippen LogP contribution in [0.2, 0.25) is 0 Å². The van der Waals surface area contributed by atoms with E-state index in [0.717, 1.165) is 56.7 Å². The van der Waals surface area contributed by atoms with E-state index in [9.17, 15) is 0 Å². The minimum absolute atomic E-state index is 0.0638. The highest BCUT2D eigenvalue weighted by Gasteiger charge is 2.47. The number of para-hydroxylation sites is 8. The maximum atomic E-state index is 2.66. The number of benzene rings is 13. The predicted octanol–water partition coefficient (Wildman–Crippen LogP) is 17.3. The molecule has 406 valence electrons. The molecule has 5 heterocycles. The Hall–Kier alpha value is -10.3. The topological polar surface area (TPSA) is 17.9 Å². The first-order valence-electron chi connectivity index (χ1n) is 29.8. The highest BCUT2D eigenvalue weighted by Crippen LogP contribution is 2.52. The Balaban J connectivity index is 0.941. The van der Waals surface area contributed by atoms with Gasteiger partial charge in [0.05, 0.1) is 16.7 Å². The molecule has 0 spiro atoms. The monoisotopic (exact) mass is 1140 g/mol. The van der Waals surface area contributed by atoms with E-state index in [0.29, 0.717) is 0 Å². The second-order valence-electron chi connectivity index (χ2n) is 22.7. The molecule has 14 aromatic rings. The SMILES string of the molecule is c1ccc(N(c2ccccc2)c2cc3c4c(c2)N(c2ccccc2)c2ccccc2B4c2cc4c(cc2S3)N(c2cccc3c2c2ccccc2n3-c2ccccc2)c2cc(N(c3ccccc3)c3ccccc3)cc3c2B4c2ccccc2S3)cc1. The standard InChI is InChI=1S/C78H51B2N5S2/c1-7-26-52(27-8-1)81(53-28-9-2-10-29-53)58-46-70-77-75(49-58)87-73-51-69-63(50-64(73)79(77)61-39-20-23-42-66(61)84(70)57-36-17-6-18-37-57)80-62-40-21-24-45-72(62)86-74-48-59(82(54-30-11-3-12-31-54)55-32-13-4-14-33-55)47-71(78(74)80)85(69)68-44-25-43-67-76(68)60-38-19-22-41-65(60)83(67)56-34-15-5-16-35-56/h1-51H. The fraction of sp³-hybridized carbons (Fsp3) is 0. The molecule has 1 aromatic heterocycles. The number of nitrogens with zero attached hydrogens (tertiary/aromatic N) is 5. The van der Waals surface area contributed by atoms with Gasteiger partial charge in [-0.25, -0.2) is 0 Å². The van der Waals surface area contributed by atoms with Crippen molar-refractivity contribution in [3.8, 4) is 5.69 Å². The average Bonchev–Trinajstić information content (AvgIpc) is 1.41. The summed E-state index contributed by atoms with van der Waals surface area (Å²) in [4.78, 5) is 15.1. The van der Waals surface area contributed by atoms with E-state index in [1.165, 1.54) is 91.4 Å². The number of hydrogen-bond donors (Lipinski definition) is 0. The van der Waals surface area contributed by atoms with Crippen molar-refractivity contribution >= 4 is 160 Å². The van der Waals surface area contributed by atoms with Crippen LogP contribution in [0, 0.1) is 0 Å².